The molecule has 5 heteroatoms. The second-order valence-electron chi connectivity index (χ2n) is 11.0. The van der Waals surface area contributed by atoms with Crippen LogP contribution in [0.3, 0.4) is 0 Å². The Morgan fingerprint density at radius 2 is 1.76 bits per heavy atom. The molecule has 2 bridgehead atoms. The highest BCUT2D eigenvalue weighted by molar-refractivity contribution is 5.66. The Labute approximate surface area is 174 Å². The number of rotatable bonds is 3. The highest BCUT2D eigenvalue weighted by atomic mass is 16.5. The van der Waals surface area contributed by atoms with Crippen LogP contribution in [0.15, 0.2) is 12.2 Å². The first-order valence-electron chi connectivity index (χ1n) is 11.2. The molecule has 29 heavy (non-hydrogen) atoms. The molecule has 0 aromatic carbocycles. The molecule has 3 fully saturated rings. The van der Waals surface area contributed by atoms with Crippen LogP contribution in [0.1, 0.15) is 73.1 Å². The lowest BCUT2D eigenvalue weighted by atomic mass is 9.39. The van der Waals surface area contributed by atoms with Gasteiger partial charge in [0.2, 0.25) is 0 Å². The summed E-state index contributed by atoms with van der Waals surface area (Å²) in [6, 6.07) is 0. The largest absolute Gasteiger partial charge is 0.465 e. The zero-order valence-corrected chi connectivity index (χ0v) is 18.5. The minimum atomic E-state index is -0.530. The van der Waals surface area contributed by atoms with Crippen molar-refractivity contribution in [3.05, 3.63) is 12.2 Å². The van der Waals surface area contributed by atoms with Gasteiger partial charge in [0, 0.05) is 24.7 Å². The van der Waals surface area contributed by atoms with Crippen LogP contribution >= 0.6 is 0 Å². The lowest BCUT2D eigenvalue weighted by Crippen LogP contribution is -2.67. The van der Waals surface area contributed by atoms with E-state index in [-0.39, 0.29) is 46.1 Å². The number of ether oxygens (including phenoxy) is 2. The van der Waals surface area contributed by atoms with Crippen molar-refractivity contribution in [3.8, 4) is 0 Å². The quantitative estimate of drug-likeness (QED) is 0.568. The van der Waals surface area contributed by atoms with Crippen molar-refractivity contribution < 1.29 is 24.2 Å². The molecule has 3 saturated carbocycles. The number of carbonyl (C=O) groups excluding carboxylic acids is 2. The number of fused-ring (bicyclic) bond motifs is 3. The van der Waals surface area contributed by atoms with Crippen molar-refractivity contribution in [1.29, 1.82) is 0 Å². The summed E-state index contributed by atoms with van der Waals surface area (Å²) in [7, 11) is 0. The van der Waals surface area contributed by atoms with Crippen LogP contribution in [0, 0.1) is 33.5 Å². The van der Waals surface area contributed by atoms with Gasteiger partial charge in [-0.15, -0.1) is 0 Å². The molecule has 0 amide bonds. The fourth-order valence-corrected chi connectivity index (χ4v) is 7.93. The normalized spacial score (nSPS) is 50.4. The van der Waals surface area contributed by atoms with E-state index < -0.39 is 11.5 Å². The molecule has 4 rings (SSSR count). The summed E-state index contributed by atoms with van der Waals surface area (Å²) in [5.41, 5.74) is -0.884. The summed E-state index contributed by atoms with van der Waals surface area (Å²) in [6.45, 7) is 10.1. The van der Waals surface area contributed by atoms with E-state index in [0.717, 1.165) is 32.1 Å². The Morgan fingerprint density at radius 3 is 2.41 bits per heavy atom. The fourth-order valence-electron chi connectivity index (χ4n) is 7.93. The molecule has 162 valence electrons. The summed E-state index contributed by atoms with van der Waals surface area (Å²) >= 11 is 0. The maximum Gasteiger partial charge on any atom is 0.302 e. The Kier molecular flexibility index (Phi) is 4.73. The van der Waals surface area contributed by atoms with Gasteiger partial charge in [-0.05, 0) is 49.4 Å². The van der Waals surface area contributed by atoms with Gasteiger partial charge in [0.25, 0.3) is 0 Å². The summed E-state index contributed by atoms with van der Waals surface area (Å²) in [5, 5.41) is 11.5. The molecule has 1 unspecified atom stereocenters. The first-order chi connectivity index (χ1) is 13.5. The Balaban J connectivity index is 1.78. The Morgan fingerprint density at radius 1 is 1.03 bits per heavy atom. The minimum Gasteiger partial charge on any atom is -0.465 e. The number of hydrogen-bond donors (Lipinski definition) is 1. The van der Waals surface area contributed by atoms with Crippen molar-refractivity contribution in [3.63, 3.8) is 0 Å². The second-order valence-corrected chi connectivity index (χ2v) is 11.0. The third kappa shape index (κ3) is 2.83. The maximum absolute atomic E-state index is 12.1. The molecular formula is C24H36O5. The molecule has 4 aliphatic carbocycles. The smallest absolute Gasteiger partial charge is 0.302 e. The summed E-state index contributed by atoms with van der Waals surface area (Å²) < 4.78 is 11.5. The van der Waals surface area contributed by atoms with E-state index >= 15 is 0 Å². The number of aliphatic hydroxyl groups is 1. The SMILES string of the molecule is CC(=O)OC[C@@]1(C)CCC[C@]2(C)[C@@H]1C[C@H](OC(C)=O)[C@@]13C=C[C@@](C)(CC[C@@H]21)C3O. The molecule has 0 aliphatic heterocycles. The average molecular weight is 405 g/mol. The van der Waals surface area contributed by atoms with E-state index in [1.807, 2.05) is 0 Å². The van der Waals surface area contributed by atoms with Crippen molar-refractivity contribution in [2.24, 2.45) is 33.5 Å². The molecule has 5 nitrogen and oxygen atoms in total. The van der Waals surface area contributed by atoms with Crippen LogP contribution in [-0.4, -0.2) is 35.9 Å². The van der Waals surface area contributed by atoms with E-state index in [1.165, 1.54) is 13.8 Å². The van der Waals surface area contributed by atoms with Crippen LogP contribution in [-0.2, 0) is 19.1 Å². The number of hydrogen-bond acceptors (Lipinski definition) is 5. The number of carbonyl (C=O) groups is 2. The van der Waals surface area contributed by atoms with Gasteiger partial charge in [-0.3, -0.25) is 9.59 Å². The van der Waals surface area contributed by atoms with E-state index in [4.69, 9.17) is 9.47 Å². The van der Waals surface area contributed by atoms with Gasteiger partial charge in [0.15, 0.2) is 0 Å². The maximum atomic E-state index is 12.1. The van der Waals surface area contributed by atoms with E-state index in [9.17, 15) is 14.7 Å². The Hall–Kier alpha value is -1.36. The van der Waals surface area contributed by atoms with E-state index in [2.05, 4.69) is 32.9 Å². The molecule has 4 aliphatic rings. The predicted molar refractivity (Wildman–Crippen MR) is 109 cm³/mol. The summed E-state index contributed by atoms with van der Waals surface area (Å²) in [6.07, 6.45) is 9.38. The van der Waals surface area contributed by atoms with E-state index in [1.54, 1.807) is 0 Å². The van der Waals surface area contributed by atoms with Gasteiger partial charge in [0.1, 0.15) is 6.10 Å². The molecule has 0 radical (unpaired) electrons. The fraction of sp³-hybridized carbons (Fsp3) is 0.833. The topological polar surface area (TPSA) is 72.8 Å². The third-order valence-corrected chi connectivity index (χ3v) is 9.24. The number of aliphatic hydroxyl groups excluding tert-OH is 1. The average Bonchev–Trinajstić information content (AvgIpc) is 2.78. The zero-order chi connectivity index (χ0) is 21.2. The van der Waals surface area contributed by atoms with Crippen molar-refractivity contribution in [2.75, 3.05) is 6.61 Å². The van der Waals surface area contributed by atoms with Crippen molar-refractivity contribution in [1.82, 2.24) is 0 Å². The molecule has 0 saturated heterocycles. The van der Waals surface area contributed by atoms with Crippen LogP contribution in [0.4, 0.5) is 0 Å². The highest BCUT2D eigenvalue weighted by Crippen LogP contribution is 2.72. The number of esters is 2. The standard InChI is InChI=1S/C24H36O5/c1-15(25)28-14-22(4)8-6-9-23(5)17-7-10-21(3)11-12-24(17,20(21)27)19(13-18(22)23)29-16(2)26/h11-12,17-20,27H,6-10,13-14H2,1-5H3/t17-,18+,19-,20?,21+,22+,23-,24+/m0/s1. The lowest BCUT2D eigenvalue weighted by molar-refractivity contribution is -0.242. The van der Waals surface area contributed by atoms with Gasteiger partial charge in [-0.25, -0.2) is 0 Å². The Bertz CT molecular complexity index is 746. The predicted octanol–water partition coefficient (Wildman–Crippen LogP) is 4.03. The third-order valence-electron chi connectivity index (χ3n) is 9.24. The van der Waals surface area contributed by atoms with Gasteiger partial charge < -0.3 is 14.6 Å². The van der Waals surface area contributed by atoms with Gasteiger partial charge in [-0.1, -0.05) is 39.3 Å². The molecule has 0 heterocycles. The lowest BCUT2D eigenvalue weighted by Gasteiger charge is -2.67. The monoisotopic (exact) mass is 404 g/mol. The minimum absolute atomic E-state index is 0.0147. The van der Waals surface area contributed by atoms with Crippen LogP contribution in [0.25, 0.3) is 0 Å². The van der Waals surface area contributed by atoms with Gasteiger partial charge in [-0.2, -0.15) is 0 Å². The van der Waals surface area contributed by atoms with Gasteiger partial charge in [0.05, 0.1) is 18.1 Å². The second kappa shape index (κ2) is 6.57. The van der Waals surface area contributed by atoms with Gasteiger partial charge >= 0.3 is 11.9 Å². The van der Waals surface area contributed by atoms with Crippen LogP contribution in [0.5, 0.6) is 0 Å². The molecule has 8 atom stereocenters. The molecule has 1 spiro atoms. The van der Waals surface area contributed by atoms with Crippen LogP contribution in [0.2, 0.25) is 0 Å². The van der Waals surface area contributed by atoms with Crippen LogP contribution < -0.4 is 0 Å². The summed E-state index contributed by atoms with van der Waals surface area (Å²) in [4.78, 5) is 23.6. The van der Waals surface area contributed by atoms with Crippen molar-refractivity contribution >= 4 is 11.9 Å². The molecule has 0 aromatic rings. The zero-order valence-electron chi connectivity index (χ0n) is 18.5. The van der Waals surface area contributed by atoms with Crippen molar-refractivity contribution in [2.45, 2.75) is 85.4 Å². The summed E-state index contributed by atoms with van der Waals surface area (Å²) in [5.74, 6) is -0.0144. The molecular weight excluding hydrogens is 368 g/mol. The first-order valence-corrected chi connectivity index (χ1v) is 11.2. The molecule has 0 aromatic heterocycles. The first kappa shape index (κ1) is 20.9. The highest BCUT2D eigenvalue weighted by Gasteiger charge is 2.71. The van der Waals surface area contributed by atoms with E-state index in [0.29, 0.717) is 13.0 Å². The molecule has 1 N–H and O–H groups in total.